The third kappa shape index (κ3) is 3.27. The topological polar surface area (TPSA) is 45.2 Å². The van der Waals surface area contributed by atoms with Crippen molar-refractivity contribution in [1.29, 1.82) is 0 Å². The van der Waals surface area contributed by atoms with Crippen LogP contribution in [0.2, 0.25) is 0 Å². The van der Waals surface area contributed by atoms with Gasteiger partial charge in [-0.1, -0.05) is 15.9 Å². The van der Waals surface area contributed by atoms with E-state index >= 15 is 0 Å². The summed E-state index contributed by atoms with van der Waals surface area (Å²) in [6, 6.07) is 8.01. The summed E-state index contributed by atoms with van der Waals surface area (Å²) in [5, 5.41) is 2.66. The van der Waals surface area contributed by atoms with Crippen molar-refractivity contribution in [3.63, 3.8) is 0 Å². The number of carbonyl (C=O) groups is 1. The predicted octanol–water partition coefficient (Wildman–Crippen LogP) is 3.84. The minimum absolute atomic E-state index is 0.00631. The number of benzene rings is 1. The summed E-state index contributed by atoms with van der Waals surface area (Å²) < 4.78 is 14.4. The van der Waals surface area contributed by atoms with Crippen LogP contribution in [0.25, 0.3) is 0 Å². The van der Waals surface area contributed by atoms with Gasteiger partial charge in [0.1, 0.15) is 11.6 Å². The SMILES string of the molecule is O=C(Nc1ccc(N2CCCC2)nc1)c1ccc(Br)cc1F. The summed E-state index contributed by atoms with van der Waals surface area (Å²) in [4.78, 5) is 18.6. The van der Waals surface area contributed by atoms with Gasteiger partial charge in [0.25, 0.3) is 5.91 Å². The van der Waals surface area contributed by atoms with E-state index in [4.69, 9.17) is 0 Å². The lowest BCUT2D eigenvalue weighted by Gasteiger charge is -2.16. The molecular formula is C16H15BrFN3O. The maximum absolute atomic E-state index is 13.8. The number of nitrogens with one attached hydrogen (secondary N) is 1. The van der Waals surface area contributed by atoms with Crippen molar-refractivity contribution in [2.24, 2.45) is 0 Å². The lowest BCUT2D eigenvalue weighted by atomic mass is 10.2. The van der Waals surface area contributed by atoms with Gasteiger partial charge in [-0.05, 0) is 43.2 Å². The molecule has 1 saturated heterocycles. The Morgan fingerprint density at radius 2 is 2.00 bits per heavy atom. The molecule has 1 aliphatic heterocycles. The van der Waals surface area contributed by atoms with Crippen LogP contribution >= 0.6 is 15.9 Å². The second-order valence-corrected chi connectivity index (χ2v) is 6.09. The molecule has 1 aromatic heterocycles. The standard InChI is InChI=1S/C16H15BrFN3O/c17-11-3-5-13(14(18)9-11)16(22)20-12-4-6-15(19-10-12)21-7-1-2-8-21/h3-6,9-10H,1-2,7-8H2,(H,20,22). The van der Waals surface area contributed by atoms with E-state index < -0.39 is 11.7 Å². The van der Waals surface area contributed by atoms with E-state index in [0.717, 1.165) is 18.9 Å². The molecule has 1 fully saturated rings. The molecule has 0 spiro atoms. The highest BCUT2D eigenvalue weighted by Crippen LogP contribution is 2.20. The van der Waals surface area contributed by atoms with Crippen molar-refractivity contribution in [3.8, 4) is 0 Å². The highest BCUT2D eigenvalue weighted by atomic mass is 79.9. The highest BCUT2D eigenvalue weighted by Gasteiger charge is 2.15. The van der Waals surface area contributed by atoms with Crippen molar-refractivity contribution in [2.45, 2.75) is 12.8 Å². The molecule has 4 nitrogen and oxygen atoms in total. The Hall–Kier alpha value is -1.95. The molecule has 0 unspecified atom stereocenters. The van der Waals surface area contributed by atoms with Crippen LogP contribution in [0, 0.1) is 5.82 Å². The van der Waals surface area contributed by atoms with Gasteiger partial charge < -0.3 is 10.2 Å². The third-order valence-electron chi connectivity index (χ3n) is 3.61. The zero-order valence-corrected chi connectivity index (χ0v) is 13.4. The third-order valence-corrected chi connectivity index (χ3v) is 4.10. The van der Waals surface area contributed by atoms with E-state index in [1.165, 1.54) is 25.0 Å². The number of pyridine rings is 1. The molecule has 114 valence electrons. The number of aromatic nitrogens is 1. The second kappa shape index (κ2) is 6.44. The summed E-state index contributed by atoms with van der Waals surface area (Å²) >= 11 is 3.17. The maximum atomic E-state index is 13.8. The van der Waals surface area contributed by atoms with Gasteiger partial charge in [0.05, 0.1) is 17.4 Å². The molecule has 1 aliphatic rings. The van der Waals surface area contributed by atoms with Gasteiger partial charge in [0.15, 0.2) is 0 Å². The molecule has 0 radical (unpaired) electrons. The number of nitrogens with zero attached hydrogens (tertiary/aromatic N) is 2. The normalized spacial score (nSPS) is 14.2. The Morgan fingerprint density at radius 1 is 1.23 bits per heavy atom. The van der Waals surface area contributed by atoms with Crippen LogP contribution in [0.3, 0.4) is 0 Å². The number of carbonyl (C=O) groups excluding carboxylic acids is 1. The van der Waals surface area contributed by atoms with Crippen LogP contribution in [0.5, 0.6) is 0 Å². The van der Waals surface area contributed by atoms with Crippen LogP contribution in [0.1, 0.15) is 23.2 Å². The van der Waals surface area contributed by atoms with Gasteiger partial charge in [-0.15, -0.1) is 0 Å². The van der Waals surface area contributed by atoms with E-state index in [2.05, 4.69) is 31.1 Å². The Labute approximate surface area is 136 Å². The molecule has 0 bridgehead atoms. The average Bonchev–Trinajstić information content (AvgIpc) is 3.02. The highest BCUT2D eigenvalue weighted by molar-refractivity contribution is 9.10. The second-order valence-electron chi connectivity index (χ2n) is 5.18. The summed E-state index contributed by atoms with van der Waals surface area (Å²) in [6.45, 7) is 2.03. The van der Waals surface area contributed by atoms with Gasteiger partial charge in [-0.2, -0.15) is 0 Å². The van der Waals surface area contributed by atoms with Crippen LogP contribution in [0.15, 0.2) is 41.0 Å². The molecule has 0 saturated carbocycles. The molecule has 22 heavy (non-hydrogen) atoms. The fourth-order valence-corrected chi connectivity index (χ4v) is 2.80. The first-order valence-corrected chi connectivity index (χ1v) is 7.90. The van der Waals surface area contributed by atoms with E-state index in [1.54, 1.807) is 18.3 Å². The Kier molecular flexibility index (Phi) is 4.38. The molecule has 1 N–H and O–H groups in total. The summed E-state index contributed by atoms with van der Waals surface area (Å²) in [5.74, 6) is -0.139. The zero-order valence-electron chi connectivity index (χ0n) is 11.9. The van der Waals surface area contributed by atoms with Gasteiger partial charge in [-0.25, -0.2) is 9.37 Å². The Bertz CT molecular complexity index is 684. The summed E-state index contributed by atoms with van der Waals surface area (Å²) in [6.07, 6.45) is 3.97. The van der Waals surface area contributed by atoms with Crippen LogP contribution in [0.4, 0.5) is 15.9 Å². The van der Waals surface area contributed by atoms with Crippen molar-refractivity contribution in [1.82, 2.24) is 4.98 Å². The quantitative estimate of drug-likeness (QED) is 0.900. The molecule has 6 heteroatoms. The molecule has 3 rings (SSSR count). The van der Waals surface area contributed by atoms with Crippen molar-refractivity contribution in [2.75, 3.05) is 23.3 Å². The summed E-state index contributed by atoms with van der Waals surface area (Å²) in [5.41, 5.74) is 0.557. The lowest BCUT2D eigenvalue weighted by molar-refractivity contribution is 0.102. The fraction of sp³-hybridized carbons (Fsp3) is 0.250. The van der Waals surface area contributed by atoms with Crippen LogP contribution in [-0.4, -0.2) is 24.0 Å². The molecule has 2 heterocycles. The molecule has 0 atom stereocenters. The van der Waals surface area contributed by atoms with Gasteiger partial charge in [0, 0.05) is 17.6 Å². The molecule has 1 amide bonds. The smallest absolute Gasteiger partial charge is 0.258 e. The summed E-state index contributed by atoms with van der Waals surface area (Å²) in [7, 11) is 0. The lowest BCUT2D eigenvalue weighted by Crippen LogP contribution is -2.19. The minimum atomic E-state index is -0.562. The minimum Gasteiger partial charge on any atom is -0.357 e. The first-order chi connectivity index (χ1) is 10.6. The average molecular weight is 364 g/mol. The van der Waals surface area contributed by atoms with E-state index in [1.807, 2.05) is 6.07 Å². The van der Waals surface area contributed by atoms with Crippen molar-refractivity contribution in [3.05, 3.63) is 52.4 Å². The maximum Gasteiger partial charge on any atom is 0.258 e. The largest absolute Gasteiger partial charge is 0.357 e. The molecule has 1 aromatic carbocycles. The first-order valence-electron chi connectivity index (χ1n) is 7.11. The predicted molar refractivity (Wildman–Crippen MR) is 87.7 cm³/mol. The molecule has 2 aromatic rings. The van der Waals surface area contributed by atoms with E-state index in [-0.39, 0.29) is 5.56 Å². The number of anilines is 2. The first kappa shape index (κ1) is 15.0. The van der Waals surface area contributed by atoms with Crippen LogP contribution < -0.4 is 10.2 Å². The van der Waals surface area contributed by atoms with Gasteiger partial charge >= 0.3 is 0 Å². The Balaban J connectivity index is 1.71. The number of rotatable bonds is 3. The fourth-order valence-electron chi connectivity index (χ4n) is 2.47. The number of amides is 1. The number of halogens is 2. The number of hydrogen-bond acceptors (Lipinski definition) is 3. The molecular weight excluding hydrogens is 349 g/mol. The van der Waals surface area contributed by atoms with E-state index in [0.29, 0.717) is 10.2 Å². The molecule has 0 aliphatic carbocycles. The zero-order chi connectivity index (χ0) is 15.5. The van der Waals surface area contributed by atoms with Crippen molar-refractivity contribution >= 4 is 33.3 Å². The van der Waals surface area contributed by atoms with E-state index in [9.17, 15) is 9.18 Å². The number of hydrogen-bond donors (Lipinski definition) is 1. The van der Waals surface area contributed by atoms with Gasteiger partial charge in [0.2, 0.25) is 0 Å². The van der Waals surface area contributed by atoms with Crippen molar-refractivity contribution < 1.29 is 9.18 Å². The van der Waals surface area contributed by atoms with Gasteiger partial charge in [-0.3, -0.25) is 4.79 Å². The Morgan fingerprint density at radius 3 is 2.64 bits per heavy atom. The monoisotopic (exact) mass is 363 g/mol. The van der Waals surface area contributed by atoms with Crippen LogP contribution in [-0.2, 0) is 0 Å².